The zero-order valence-electron chi connectivity index (χ0n) is 10.2. The molecule has 21 heavy (non-hydrogen) atoms. The molecule has 0 fully saturated rings. The quantitative estimate of drug-likeness (QED) is 0.607. The lowest BCUT2D eigenvalue weighted by molar-refractivity contribution is 0.600. The van der Waals surface area contributed by atoms with Crippen molar-refractivity contribution in [1.82, 2.24) is 0 Å². The number of hydrogen-bond donors (Lipinski definition) is 2. The molecule has 3 N–H and O–H groups in total. The van der Waals surface area contributed by atoms with E-state index in [9.17, 15) is 12.8 Å². The topological polar surface area (TPSA) is 72.2 Å². The van der Waals surface area contributed by atoms with Gasteiger partial charge in [-0.15, -0.1) is 0 Å². The van der Waals surface area contributed by atoms with Crippen LogP contribution >= 0.6 is 47.8 Å². The van der Waals surface area contributed by atoms with Crippen molar-refractivity contribution in [2.24, 2.45) is 0 Å². The van der Waals surface area contributed by atoms with Crippen molar-refractivity contribution in [2.75, 3.05) is 10.5 Å². The molecule has 9 heteroatoms. The molecule has 2 aromatic rings. The van der Waals surface area contributed by atoms with E-state index in [0.29, 0.717) is 14.6 Å². The fraction of sp³-hybridized carbons (Fsp3) is 0. The molecule has 0 radical (unpaired) electrons. The van der Waals surface area contributed by atoms with E-state index >= 15 is 0 Å². The van der Waals surface area contributed by atoms with Crippen LogP contribution in [0, 0.1) is 5.82 Å². The van der Waals surface area contributed by atoms with Gasteiger partial charge in [-0.25, -0.2) is 12.8 Å². The van der Waals surface area contributed by atoms with Gasteiger partial charge in [-0.3, -0.25) is 4.72 Å². The molecule has 2 rings (SSSR count). The predicted molar refractivity (Wildman–Crippen MR) is 91.2 cm³/mol. The summed E-state index contributed by atoms with van der Waals surface area (Å²) >= 11 is 9.35. The minimum absolute atomic E-state index is 0.0112. The number of benzene rings is 2. The lowest BCUT2D eigenvalue weighted by Gasteiger charge is -2.12. The number of rotatable bonds is 3. The van der Waals surface area contributed by atoms with E-state index in [-0.39, 0.29) is 15.1 Å². The highest BCUT2D eigenvalue weighted by molar-refractivity contribution is 9.11. The first-order chi connectivity index (χ1) is 9.70. The molecule has 0 saturated heterocycles. The highest BCUT2D eigenvalue weighted by Crippen LogP contribution is 2.34. The van der Waals surface area contributed by atoms with Gasteiger partial charge in [0.2, 0.25) is 0 Å². The van der Waals surface area contributed by atoms with Crippen LogP contribution in [0.15, 0.2) is 48.6 Å². The summed E-state index contributed by atoms with van der Waals surface area (Å²) in [6.45, 7) is 0. The fourth-order valence-corrected chi connectivity index (χ4v) is 5.65. The van der Waals surface area contributed by atoms with Crippen molar-refractivity contribution in [2.45, 2.75) is 4.90 Å². The summed E-state index contributed by atoms with van der Waals surface area (Å²) in [5, 5.41) is 0. The van der Waals surface area contributed by atoms with Gasteiger partial charge in [0.05, 0.1) is 10.2 Å². The van der Waals surface area contributed by atoms with Gasteiger partial charge in [0, 0.05) is 14.6 Å². The Bertz CT molecular complexity index is 789. The smallest absolute Gasteiger partial charge is 0.264 e. The fourth-order valence-electron chi connectivity index (χ4n) is 1.60. The minimum Gasteiger partial charge on any atom is -0.399 e. The third-order valence-electron chi connectivity index (χ3n) is 2.46. The van der Waals surface area contributed by atoms with Crippen molar-refractivity contribution < 1.29 is 12.8 Å². The Hall–Kier alpha value is -0.640. The van der Waals surface area contributed by atoms with Crippen LogP contribution < -0.4 is 10.5 Å². The first kappa shape index (κ1) is 16.7. The molecular formula is C12H8Br3FN2O2S. The standard InChI is InChI=1S/C12H8Br3FN2O2S/c13-8-5-7(1-2-11(8)16)18-21(19,20)12-9(14)3-6(17)4-10(12)15/h1-5,18H,17H2. The monoisotopic (exact) mass is 500 g/mol. The maximum absolute atomic E-state index is 13.2. The maximum Gasteiger partial charge on any atom is 0.264 e. The first-order valence-corrected chi connectivity index (χ1v) is 9.29. The van der Waals surface area contributed by atoms with E-state index in [1.54, 1.807) is 0 Å². The van der Waals surface area contributed by atoms with Crippen LogP contribution in [0.1, 0.15) is 0 Å². The lowest BCUT2D eigenvalue weighted by atomic mass is 10.3. The van der Waals surface area contributed by atoms with Gasteiger partial charge in [-0.1, -0.05) is 0 Å². The second kappa shape index (κ2) is 6.23. The van der Waals surface area contributed by atoms with E-state index in [0.717, 1.165) is 6.07 Å². The maximum atomic E-state index is 13.2. The van der Waals surface area contributed by atoms with Gasteiger partial charge in [0.15, 0.2) is 0 Å². The highest BCUT2D eigenvalue weighted by atomic mass is 79.9. The SMILES string of the molecule is Nc1cc(Br)c(S(=O)(=O)Nc2ccc(F)c(Br)c2)c(Br)c1. The van der Waals surface area contributed by atoms with E-state index in [4.69, 9.17) is 5.73 Å². The molecule has 0 saturated carbocycles. The van der Waals surface area contributed by atoms with Gasteiger partial charge in [0.1, 0.15) is 10.7 Å². The van der Waals surface area contributed by atoms with E-state index in [2.05, 4.69) is 52.5 Å². The van der Waals surface area contributed by atoms with Gasteiger partial charge in [-0.05, 0) is 78.1 Å². The number of sulfonamides is 1. The van der Waals surface area contributed by atoms with E-state index in [1.807, 2.05) is 0 Å². The largest absolute Gasteiger partial charge is 0.399 e. The lowest BCUT2D eigenvalue weighted by Crippen LogP contribution is -2.14. The zero-order valence-corrected chi connectivity index (χ0v) is 15.8. The second-order valence-corrected chi connectivity index (χ2v) is 8.23. The minimum atomic E-state index is -3.86. The molecule has 2 aromatic carbocycles. The van der Waals surface area contributed by atoms with Crippen LogP contribution in [-0.4, -0.2) is 8.42 Å². The number of halogens is 4. The Morgan fingerprint density at radius 1 is 1.00 bits per heavy atom. The summed E-state index contributed by atoms with van der Waals surface area (Å²) in [4.78, 5) is 0.0112. The molecule has 0 aliphatic heterocycles. The predicted octanol–water partition coefficient (Wildman–Crippen LogP) is 4.50. The Morgan fingerprint density at radius 2 is 1.57 bits per heavy atom. The average molecular weight is 503 g/mol. The second-order valence-electron chi connectivity index (χ2n) is 4.05. The zero-order chi connectivity index (χ0) is 15.8. The summed E-state index contributed by atoms with van der Waals surface area (Å²) in [7, 11) is -3.86. The van der Waals surface area contributed by atoms with Gasteiger partial charge < -0.3 is 5.73 Å². The van der Waals surface area contributed by atoms with Crippen molar-refractivity contribution in [3.05, 3.63) is 49.6 Å². The molecule has 0 unspecified atom stereocenters. The van der Waals surface area contributed by atoms with Crippen LogP contribution in [0.3, 0.4) is 0 Å². The molecule has 0 bridgehead atoms. The third kappa shape index (κ3) is 3.77. The van der Waals surface area contributed by atoms with Crippen LogP contribution in [0.4, 0.5) is 15.8 Å². The number of hydrogen-bond acceptors (Lipinski definition) is 3. The summed E-state index contributed by atoms with van der Waals surface area (Å²) in [6, 6.07) is 6.80. The van der Waals surface area contributed by atoms with Crippen LogP contribution in [0.5, 0.6) is 0 Å². The summed E-state index contributed by atoms with van der Waals surface area (Å²) in [5.74, 6) is -0.479. The molecular weight excluding hydrogens is 495 g/mol. The Kier molecular flexibility index (Phi) is 4.96. The number of nitrogens with one attached hydrogen (secondary N) is 1. The molecule has 0 amide bonds. The number of nitrogen functional groups attached to an aromatic ring is 1. The molecule has 0 aliphatic carbocycles. The Balaban J connectivity index is 2.46. The molecule has 0 heterocycles. The van der Waals surface area contributed by atoms with Gasteiger partial charge in [0.25, 0.3) is 10.0 Å². The van der Waals surface area contributed by atoms with Crippen LogP contribution in [0.25, 0.3) is 0 Å². The van der Waals surface area contributed by atoms with Crippen molar-refractivity contribution >= 4 is 69.2 Å². The number of anilines is 2. The van der Waals surface area contributed by atoms with E-state index in [1.165, 1.54) is 24.3 Å². The van der Waals surface area contributed by atoms with Crippen molar-refractivity contribution in [1.29, 1.82) is 0 Å². The van der Waals surface area contributed by atoms with Crippen LogP contribution in [0.2, 0.25) is 0 Å². The van der Waals surface area contributed by atoms with Gasteiger partial charge in [-0.2, -0.15) is 0 Å². The first-order valence-electron chi connectivity index (χ1n) is 5.43. The summed E-state index contributed by atoms with van der Waals surface area (Å²) in [6.07, 6.45) is 0. The molecule has 4 nitrogen and oxygen atoms in total. The summed E-state index contributed by atoms with van der Waals surface area (Å²) in [5.41, 5.74) is 6.29. The van der Waals surface area contributed by atoms with Crippen molar-refractivity contribution in [3.8, 4) is 0 Å². The normalized spacial score (nSPS) is 11.4. The average Bonchev–Trinajstić information content (AvgIpc) is 2.31. The van der Waals surface area contributed by atoms with Gasteiger partial charge >= 0.3 is 0 Å². The molecule has 0 aliphatic rings. The van der Waals surface area contributed by atoms with Crippen LogP contribution in [-0.2, 0) is 10.0 Å². The number of nitrogens with two attached hydrogens (primary N) is 1. The third-order valence-corrected chi connectivity index (χ3v) is 6.33. The molecule has 0 aromatic heterocycles. The Morgan fingerprint density at radius 3 is 2.10 bits per heavy atom. The molecule has 112 valence electrons. The Labute approximate surface area is 146 Å². The molecule has 0 spiro atoms. The van der Waals surface area contributed by atoms with E-state index < -0.39 is 15.8 Å². The highest BCUT2D eigenvalue weighted by Gasteiger charge is 2.22. The van der Waals surface area contributed by atoms with Crippen molar-refractivity contribution in [3.63, 3.8) is 0 Å². The summed E-state index contributed by atoms with van der Waals surface area (Å²) < 4.78 is 41.2. The molecule has 0 atom stereocenters.